The smallest absolute Gasteiger partial charge is 0.211 e. The lowest BCUT2D eigenvalue weighted by Crippen LogP contribution is -2.22. The van der Waals surface area contributed by atoms with E-state index in [0.717, 1.165) is 38.0 Å². The van der Waals surface area contributed by atoms with Crippen molar-refractivity contribution >= 4 is 23.0 Å². The van der Waals surface area contributed by atoms with E-state index in [2.05, 4.69) is 27.0 Å². The summed E-state index contributed by atoms with van der Waals surface area (Å²) >= 11 is 1.56. The summed E-state index contributed by atoms with van der Waals surface area (Å²) in [6, 6.07) is 18.0. The quantitative estimate of drug-likeness (QED) is 0.319. The van der Waals surface area contributed by atoms with Gasteiger partial charge in [0, 0.05) is 16.7 Å². The predicted molar refractivity (Wildman–Crippen MR) is 113 cm³/mol. The summed E-state index contributed by atoms with van der Waals surface area (Å²) in [5.41, 5.74) is 15.3. The van der Waals surface area contributed by atoms with Crippen molar-refractivity contribution in [2.75, 3.05) is 0 Å². The van der Waals surface area contributed by atoms with Crippen molar-refractivity contribution in [2.45, 2.75) is 13.8 Å². The van der Waals surface area contributed by atoms with E-state index in [4.69, 9.17) is 11.5 Å². The number of guanidine groups is 1. The lowest BCUT2D eigenvalue weighted by Gasteiger charge is -1.96. The standard InChI is InChI=1S/C21H19N5S/c1-14-19(15(2)25-26-21(22)23)27-20(24-14)18-12-10-17(11-13-18)9-8-16-6-4-3-5-7-16/h3-7,10-13H,1-2H3,(H4,22,23,26)/b25-15+. The van der Waals surface area contributed by atoms with Crippen LogP contribution in [0.4, 0.5) is 0 Å². The molecule has 0 aliphatic carbocycles. The molecule has 27 heavy (non-hydrogen) atoms. The molecule has 3 aromatic rings. The molecule has 5 nitrogen and oxygen atoms in total. The number of aryl methyl sites for hydroxylation is 1. The van der Waals surface area contributed by atoms with Crippen molar-refractivity contribution < 1.29 is 0 Å². The van der Waals surface area contributed by atoms with Crippen molar-refractivity contribution in [1.29, 1.82) is 0 Å². The molecule has 0 saturated heterocycles. The van der Waals surface area contributed by atoms with E-state index in [1.54, 1.807) is 11.3 Å². The lowest BCUT2D eigenvalue weighted by molar-refractivity contribution is 1.19. The maximum atomic E-state index is 5.33. The maximum absolute atomic E-state index is 5.33. The van der Waals surface area contributed by atoms with Crippen molar-refractivity contribution in [3.63, 3.8) is 0 Å². The molecule has 0 amide bonds. The minimum Gasteiger partial charge on any atom is -0.369 e. The summed E-state index contributed by atoms with van der Waals surface area (Å²) in [6.07, 6.45) is 0. The highest BCUT2D eigenvalue weighted by Crippen LogP contribution is 2.28. The van der Waals surface area contributed by atoms with E-state index < -0.39 is 0 Å². The third-order valence-corrected chi connectivity index (χ3v) is 5.01. The second-order valence-electron chi connectivity index (χ2n) is 5.84. The SMILES string of the molecule is C/C(=N\N=C(N)N)c1sc(-c2ccc(C#Cc3ccccc3)cc2)nc1C. The molecule has 0 aliphatic heterocycles. The van der Waals surface area contributed by atoms with Crippen LogP contribution in [0, 0.1) is 18.8 Å². The fraction of sp³-hybridized carbons (Fsp3) is 0.0952. The summed E-state index contributed by atoms with van der Waals surface area (Å²) in [5, 5.41) is 8.66. The van der Waals surface area contributed by atoms with Crippen molar-refractivity contribution in [1.82, 2.24) is 4.98 Å². The van der Waals surface area contributed by atoms with Crippen molar-refractivity contribution in [3.05, 3.63) is 76.3 Å². The minimum absolute atomic E-state index is 0.0658. The Kier molecular flexibility index (Phi) is 5.64. The van der Waals surface area contributed by atoms with Gasteiger partial charge in [0.05, 0.1) is 16.3 Å². The Labute approximate surface area is 162 Å². The van der Waals surface area contributed by atoms with Crippen molar-refractivity contribution in [2.24, 2.45) is 21.7 Å². The summed E-state index contributed by atoms with van der Waals surface area (Å²) in [5.74, 6) is 6.27. The minimum atomic E-state index is -0.0658. The van der Waals surface area contributed by atoms with Gasteiger partial charge < -0.3 is 11.5 Å². The van der Waals surface area contributed by atoms with E-state index in [1.807, 2.05) is 68.4 Å². The molecule has 6 heteroatoms. The molecule has 3 rings (SSSR count). The lowest BCUT2D eigenvalue weighted by atomic mass is 10.1. The highest BCUT2D eigenvalue weighted by molar-refractivity contribution is 7.17. The van der Waals surface area contributed by atoms with Crippen LogP contribution >= 0.6 is 11.3 Å². The first kappa shape index (κ1) is 18.4. The molecule has 0 spiro atoms. The summed E-state index contributed by atoms with van der Waals surface area (Å²) in [4.78, 5) is 5.60. The Morgan fingerprint density at radius 1 is 0.926 bits per heavy atom. The molecule has 0 fully saturated rings. The molecule has 0 atom stereocenters. The Hall–Kier alpha value is -3.43. The first-order valence-corrected chi connectivity index (χ1v) is 9.13. The molecule has 0 aliphatic rings. The number of rotatable bonds is 3. The van der Waals surface area contributed by atoms with Gasteiger partial charge in [0.1, 0.15) is 5.01 Å². The third kappa shape index (κ3) is 4.81. The first-order valence-electron chi connectivity index (χ1n) is 8.31. The molecule has 2 aromatic carbocycles. The van der Waals surface area contributed by atoms with Gasteiger partial charge in [-0.05, 0) is 38.1 Å². The normalized spacial score (nSPS) is 10.8. The van der Waals surface area contributed by atoms with E-state index in [-0.39, 0.29) is 5.96 Å². The van der Waals surface area contributed by atoms with Crippen LogP contribution in [0.25, 0.3) is 10.6 Å². The molecule has 0 radical (unpaired) electrons. The molecule has 0 saturated carbocycles. The summed E-state index contributed by atoms with van der Waals surface area (Å²) in [7, 11) is 0. The Bertz CT molecular complexity index is 1050. The Morgan fingerprint density at radius 3 is 2.19 bits per heavy atom. The van der Waals surface area contributed by atoms with Gasteiger partial charge in [-0.25, -0.2) is 4.98 Å². The topological polar surface area (TPSA) is 89.6 Å². The summed E-state index contributed by atoms with van der Waals surface area (Å²) in [6.45, 7) is 3.81. The van der Waals surface area contributed by atoms with Gasteiger partial charge in [-0.2, -0.15) is 5.10 Å². The van der Waals surface area contributed by atoms with Crippen LogP contribution in [0.15, 0.2) is 64.8 Å². The maximum Gasteiger partial charge on any atom is 0.211 e. The average Bonchev–Trinajstić information content (AvgIpc) is 3.07. The van der Waals surface area contributed by atoms with Crippen LogP contribution < -0.4 is 11.5 Å². The van der Waals surface area contributed by atoms with Gasteiger partial charge in [0.25, 0.3) is 0 Å². The van der Waals surface area contributed by atoms with Gasteiger partial charge in [-0.1, -0.05) is 42.2 Å². The zero-order valence-electron chi connectivity index (χ0n) is 15.1. The molecule has 1 heterocycles. The Balaban J connectivity index is 1.82. The fourth-order valence-electron chi connectivity index (χ4n) is 2.40. The molecular formula is C21H19N5S. The number of aromatic nitrogens is 1. The predicted octanol–water partition coefficient (Wildman–Crippen LogP) is 3.52. The van der Waals surface area contributed by atoms with E-state index >= 15 is 0 Å². The molecular weight excluding hydrogens is 354 g/mol. The van der Waals surface area contributed by atoms with E-state index in [9.17, 15) is 0 Å². The number of hydrogen-bond acceptors (Lipinski definition) is 4. The fourth-order valence-corrected chi connectivity index (χ4v) is 3.41. The van der Waals surface area contributed by atoms with Crippen LogP contribution in [-0.4, -0.2) is 16.7 Å². The average molecular weight is 373 g/mol. The summed E-state index contributed by atoms with van der Waals surface area (Å²) < 4.78 is 0. The molecule has 1 aromatic heterocycles. The third-order valence-electron chi connectivity index (χ3n) is 3.70. The number of nitrogens with zero attached hydrogens (tertiary/aromatic N) is 3. The first-order chi connectivity index (χ1) is 13.0. The highest BCUT2D eigenvalue weighted by atomic mass is 32.1. The van der Waals surface area contributed by atoms with Gasteiger partial charge in [-0.3, -0.25) is 0 Å². The number of thiazole rings is 1. The molecule has 0 unspecified atom stereocenters. The second kappa shape index (κ2) is 8.30. The van der Waals surface area contributed by atoms with Gasteiger partial charge in [0.2, 0.25) is 5.96 Å². The van der Waals surface area contributed by atoms with E-state index in [1.165, 1.54) is 0 Å². The number of nitrogens with two attached hydrogens (primary N) is 2. The zero-order valence-corrected chi connectivity index (χ0v) is 15.9. The monoisotopic (exact) mass is 373 g/mol. The largest absolute Gasteiger partial charge is 0.369 e. The molecule has 0 bridgehead atoms. The highest BCUT2D eigenvalue weighted by Gasteiger charge is 2.12. The Morgan fingerprint density at radius 2 is 1.56 bits per heavy atom. The van der Waals surface area contributed by atoms with Gasteiger partial charge in [-0.15, -0.1) is 16.4 Å². The van der Waals surface area contributed by atoms with Gasteiger partial charge in [0.15, 0.2) is 0 Å². The number of benzene rings is 2. The van der Waals surface area contributed by atoms with Crippen LogP contribution in [0.3, 0.4) is 0 Å². The van der Waals surface area contributed by atoms with Crippen molar-refractivity contribution in [3.8, 4) is 22.4 Å². The van der Waals surface area contributed by atoms with Crippen LogP contribution in [-0.2, 0) is 0 Å². The van der Waals surface area contributed by atoms with Crippen LogP contribution in [0.1, 0.15) is 28.6 Å². The second-order valence-corrected chi connectivity index (χ2v) is 6.84. The zero-order chi connectivity index (χ0) is 19.2. The molecule has 134 valence electrons. The number of hydrogen-bond donors (Lipinski definition) is 2. The van der Waals surface area contributed by atoms with Crippen LogP contribution in [0.5, 0.6) is 0 Å². The van der Waals surface area contributed by atoms with E-state index in [0.29, 0.717) is 0 Å². The van der Waals surface area contributed by atoms with Crippen LogP contribution in [0.2, 0.25) is 0 Å². The van der Waals surface area contributed by atoms with Gasteiger partial charge >= 0.3 is 0 Å². The molecule has 4 N–H and O–H groups in total.